The van der Waals surface area contributed by atoms with Crippen molar-refractivity contribution in [3.8, 4) is 17.1 Å². The summed E-state index contributed by atoms with van der Waals surface area (Å²) in [5.41, 5.74) is 4.70. The van der Waals surface area contributed by atoms with Crippen molar-refractivity contribution in [2.24, 2.45) is 5.10 Å². The highest BCUT2D eigenvalue weighted by atomic mass is 35.5. The topological polar surface area (TPSA) is 140 Å². The molecule has 0 bridgehead atoms. The van der Waals surface area contributed by atoms with Gasteiger partial charge in [-0.05, 0) is 62.5 Å². The van der Waals surface area contributed by atoms with Gasteiger partial charge in [-0.15, -0.1) is 0 Å². The van der Waals surface area contributed by atoms with Crippen molar-refractivity contribution in [2.45, 2.75) is 19.9 Å². The number of carbonyl (C=O) groups excluding carboxylic acids is 3. The van der Waals surface area contributed by atoms with E-state index in [1.165, 1.54) is 13.3 Å². The lowest BCUT2D eigenvalue weighted by atomic mass is 9.95. The number of allylic oxidation sites excluding steroid dienone is 1. The zero-order valence-electron chi connectivity index (χ0n) is 22.9. The number of furan rings is 1. The van der Waals surface area contributed by atoms with Crippen LogP contribution in [0.5, 0.6) is 5.75 Å². The van der Waals surface area contributed by atoms with Gasteiger partial charge < -0.3 is 29.3 Å². The Morgan fingerprint density at radius 3 is 2.69 bits per heavy atom. The lowest BCUT2D eigenvalue weighted by Crippen LogP contribution is -2.45. The van der Waals surface area contributed by atoms with Crippen LogP contribution >= 0.6 is 23.8 Å². The zero-order chi connectivity index (χ0) is 30.2. The number of halogens is 1. The van der Waals surface area contributed by atoms with Crippen molar-refractivity contribution in [3.63, 3.8) is 0 Å². The van der Waals surface area contributed by atoms with Gasteiger partial charge in [-0.2, -0.15) is 5.10 Å². The van der Waals surface area contributed by atoms with E-state index in [1.807, 2.05) is 0 Å². The van der Waals surface area contributed by atoms with Crippen LogP contribution in [0.25, 0.3) is 11.3 Å². The quantitative estimate of drug-likeness (QED) is 0.132. The van der Waals surface area contributed by atoms with Gasteiger partial charge in [-0.1, -0.05) is 29.8 Å². The van der Waals surface area contributed by atoms with Gasteiger partial charge in [0, 0.05) is 16.8 Å². The maximum atomic E-state index is 12.7. The normalized spacial score (nSPS) is 14.7. The fraction of sp³-hybridized carbons (Fsp3) is 0.207. The van der Waals surface area contributed by atoms with Gasteiger partial charge in [-0.3, -0.25) is 4.79 Å². The number of nitrogens with one attached hydrogen (secondary N) is 3. The smallest absolute Gasteiger partial charge is 0.338 e. The molecule has 1 amide bonds. The van der Waals surface area contributed by atoms with E-state index in [1.54, 1.807) is 68.4 Å². The van der Waals surface area contributed by atoms with E-state index in [4.69, 9.17) is 42.4 Å². The van der Waals surface area contributed by atoms with Crippen LogP contribution < -0.4 is 20.8 Å². The second-order valence-electron chi connectivity index (χ2n) is 8.80. The molecule has 0 saturated heterocycles. The summed E-state index contributed by atoms with van der Waals surface area (Å²) in [7, 11) is 1.29. The molecule has 11 nitrogen and oxygen atoms in total. The molecule has 1 aromatic heterocycles. The molecular weight excluding hydrogens is 584 g/mol. The number of benzene rings is 2. The molecule has 0 spiro atoms. The van der Waals surface area contributed by atoms with Crippen LogP contribution in [0.3, 0.4) is 0 Å². The number of para-hydroxylation sites is 1. The molecule has 13 heteroatoms. The second-order valence-corrected chi connectivity index (χ2v) is 9.61. The van der Waals surface area contributed by atoms with E-state index < -0.39 is 23.9 Å². The summed E-state index contributed by atoms with van der Waals surface area (Å²) in [6, 6.07) is 14.3. The molecule has 0 radical (unpaired) electrons. The Kier molecular flexibility index (Phi) is 9.94. The van der Waals surface area contributed by atoms with E-state index in [9.17, 15) is 14.4 Å². The third-order valence-electron chi connectivity index (χ3n) is 6.01. The summed E-state index contributed by atoms with van der Waals surface area (Å²) < 4.78 is 21.5. The molecule has 2 heterocycles. The fourth-order valence-corrected chi connectivity index (χ4v) is 4.61. The summed E-state index contributed by atoms with van der Waals surface area (Å²) >= 11 is 11.6. The number of nitrogens with zero attached hydrogens (tertiary/aromatic N) is 1. The average Bonchev–Trinajstić information content (AvgIpc) is 3.44. The van der Waals surface area contributed by atoms with Gasteiger partial charge in [0.2, 0.25) is 0 Å². The number of hydrazone groups is 1. The van der Waals surface area contributed by atoms with Crippen LogP contribution in [-0.4, -0.2) is 49.5 Å². The van der Waals surface area contributed by atoms with Gasteiger partial charge >= 0.3 is 11.9 Å². The first-order valence-electron chi connectivity index (χ1n) is 12.7. The Labute approximate surface area is 251 Å². The predicted molar refractivity (Wildman–Crippen MR) is 159 cm³/mol. The molecule has 4 rings (SSSR count). The fourth-order valence-electron chi connectivity index (χ4n) is 4.13. The van der Waals surface area contributed by atoms with Crippen molar-refractivity contribution in [3.05, 3.63) is 87.8 Å². The van der Waals surface area contributed by atoms with Crippen molar-refractivity contribution < 1.29 is 33.0 Å². The van der Waals surface area contributed by atoms with Gasteiger partial charge in [0.1, 0.15) is 17.3 Å². The SMILES string of the molecule is CCOC(=O)C1=C(C)NC(=S)N[C@@H]1c1ccccc1OCC(=O)NN=Cc1ccc(-c2cc(C(=O)OC)ccc2Cl)o1. The van der Waals surface area contributed by atoms with Crippen LogP contribution in [0.15, 0.2) is 75.4 Å². The number of hydrogen-bond acceptors (Lipinski definition) is 9. The third-order valence-corrected chi connectivity index (χ3v) is 6.56. The van der Waals surface area contributed by atoms with E-state index >= 15 is 0 Å². The van der Waals surface area contributed by atoms with E-state index in [-0.39, 0.29) is 13.2 Å². The lowest BCUT2D eigenvalue weighted by molar-refractivity contribution is -0.139. The zero-order valence-corrected chi connectivity index (χ0v) is 24.4. The van der Waals surface area contributed by atoms with Crippen LogP contribution in [0.4, 0.5) is 0 Å². The highest BCUT2D eigenvalue weighted by molar-refractivity contribution is 7.80. The van der Waals surface area contributed by atoms with Gasteiger partial charge in [0.15, 0.2) is 11.7 Å². The molecule has 0 aliphatic carbocycles. The Bertz CT molecular complexity index is 1580. The Hall–Kier alpha value is -4.68. The van der Waals surface area contributed by atoms with Crippen LogP contribution in [-0.2, 0) is 19.1 Å². The van der Waals surface area contributed by atoms with Crippen molar-refractivity contribution >= 4 is 53.0 Å². The summed E-state index contributed by atoms with van der Waals surface area (Å²) in [6.45, 7) is 3.31. The number of hydrogen-bond donors (Lipinski definition) is 3. The molecule has 0 fully saturated rings. The van der Waals surface area contributed by atoms with Gasteiger partial charge in [0.05, 0.1) is 42.1 Å². The van der Waals surface area contributed by atoms with Gasteiger partial charge in [-0.25, -0.2) is 15.0 Å². The Morgan fingerprint density at radius 2 is 1.93 bits per heavy atom. The standard InChI is InChI=1S/C29H27ClN4O7S/c1-4-39-28(37)25-16(2)32-29(42)33-26(25)19-7-5-6-8-22(19)40-15-24(35)34-31-14-18-10-12-23(41-18)20-13-17(27(36)38-3)9-11-21(20)30/h5-14,26H,4,15H2,1-3H3,(H,34,35)(H2,32,33,42)/t26-/m1/s1. The number of carbonyl (C=O) groups is 3. The average molecular weight is 611 g/mol. The maximum absolute atomic E-state index is 12.7. The molecule has 0 unspecified atom stereocenters. The van der Waals surface area contributed by atoms with E-state index in [0.29, 0.717) is 55.4 Å². The van der Waals surface area contributed by atoms with Crippen molar-refractivity contribution in [1.82, 2.24) is 16.1 Å². The largest absolute Gasteiger partial charge is 0.483 e. The number of esters is 2. The van der Waals surface area contributed by atoms with Crippen LogP contribution in [0.2, 0.25) is 5.02 Å². The minimum atomic E-state index is -0.648. The minimum Gasteiger partial charge on any atom is -0.483 e. The first-order valence-corrected chi connectivity index (χ1v) is 13.5. The van der Waals surface area contributed by atoms with Crippen LogP contribution in [0.1, 0.15) is 41.6 Å². The van der Waals surface area contributed by atoms with Gasteiger partial charge in [0.25, 0.3) is 5.91 Å². The molecule has 1 atom stereocenters. The second kappa shape index (κ2) is 13.8. The number of methoxy groups -OCH3 is 1. The molecule has 1 aliphatic heterocycles. The Morgan fingerprint density at radius 1 is 1.14 bits per heavy atom. The van der Waals surface area contributed by atoms with Crippen molar-refractivity contribution in [1.29, 1.82) is 0 Å². The van der Waals surface area contributed by atoms with Crippen molar-refractivity contribution in [2.75, 3.05) is 20.3 Å². The minimum absolute atomic E-state index is 0.210. The molecule has 42 heavy (non-hydrogen) atoms. The number of rotatable bonds is 10. The lowest BCUT2D eigenvalue weighted by Gasteiger charge is -2.30. The summed E-state index contributed by atoms with van der Waals surface area (Å²) in [6.07, 6.45) is 1.31. The molecule has 2 aromatic carbocycles. The first-order chi connectivity index (χ1) is 20.2. The predicted octanol–water partition coefficient (Wildman–Crippen LogP) is 4.27. The van der Waals surface area contributed by atoms with E-state index in [0.717, 1.165) is 0 Å². The summed E-state index contributed by atoms with van der Waals surface area (Å²) in [4.78, 5) is 37.0. The highest BCUT2D eigenvalue weighted by Crippen LogP contribution is 2.34. The molecule has 0 saturated carbocycles. The number of amides is 1. The molecule has 3 aromatic rings. The highest BCUT2D eigenvalue weighted by Gasteiger charge is 2.32. The molecule has 1 aliphatic rings. The number of thiocarbonyl (C=S) groups is 1. The number of ether oxygens (including phenoxy) is 3. The summed E-state index contributed by atoms with van der Waals surface area (Å²) in [5.74, 6) is -0.434. The molecular formula is C29H27ClN4O7S. The molecule has 3 N–H and O–H groups in total. The molecule has 218 valence electrons. The Balaban J connectivity index is 1.41. The first kappa shape index (κ1) is 30.3. The maximum Gasteiger partial charge on any atom is 0.338 e. The monoisotopic (exact) mass is 610 g/mol. The summed E-state index contributed by atoms with van der Waals surface area (Å²) in [5, 5.41) is 10.7. The van der Waals surface area contributed by atoms with E-state index in [2.05, 4.69) is 21.2 Å². The third kappa shape index (κ3) is 7.14. The van der Waals surface area contributed by atoms with Crippen LogP contribution in [0, 0.1) is 0 Å².